The molecule has 1 aromatic rings. The molecule has 0 aliphatic carbocycles. The first-order chi connectivity index (χ1) is 7.25. The lowest BCUT2D eigenvalue weighted by Crippen LogP contribution is -2.34. The van der Waals surface area contributed by atoms with Crippen LogP contribution in [0.2, 0.25) is 10.4 Å². The highest BCUT2D eigenvalue weighted by molar-refractivity contribution is 6.32. The average Bonchev–Trinajstić information content (AvgIpc) is 2.65. The van der Waals surface area contributed by atoms with Gasteiger partial charge in [0.1, 0.15) is 5.15 Å². The third kappa shape index (κ3) is 1.48. The van der Waals surface area contributed by atoms with E-state index in [2.05, 4.69) is 9.97 Å². The molecule has 2 aliphatic heterocycles. The Balaban J connectivity index is 2.12. The van der Waals surface area contributed by atoms with Crippen LogP contribution in [0.4, 0.5) is 5.82 Å². The molecule has 1 fully saturated rings. The van der Waals surface area contributed by atoms with Crippen molar-refractivity contribution in [3.63, 3.8) is 0 Å². The molecule has 4 nitrogen and oxygen atoms in total. The summed E-state index contributed by atoms with van der Waals surface area (Å²) in [6, 6.07) is 0.416. The second-order valence-electron chi connectivity index (χ2n) is 3.73. The van der Waals surface area contributed by atoms with Gasteiger partial charge in [0.25, 0.3) is 0 Å². The van der Waals surface area contributed by atoms with Crippen LogP contribution in [0.5, 0.6) is 0 Å². The molecule has 0 spiro atoms. The van der Waals surface area contributed by atoms with E-state index in [1.54, 1.807) is 0 Å². The summed E-state index contributed by atoms with van der Waals surface area (Å²) in [4.78, 5) is 13.6. The molecule has 80 valence electrons. The molecular formula is C9H9Cl2N3O. The molecule has 0 amide bonds. The van der Waals surface area contributed by atoms with E-state index >= 15 is 0 Å². The van der Waals surface area contributed by atoms with Gasteiger partial charge in [-0.2, -0.15) is 4.98 Å². The van der Waals surface area contributed by atoms with Crippen molar-refractivity contribution in [3.8, 4) is 0 Å². The number of fused-ring (bicyclic) bond motifs is 3. The van der Waals surface area contributed by atoms with Crippen LogP contribution in [0.1, 0.15) is 18.4 Å². The molecule has 15 heavy (non-hydrogen) atoms. The summed E-state index contributed by atoms with van der Waals surface area (Å²) in [7, 11) is 0. The van der Waals surface area contributed by atoms with E-state index in [4.69, 9.17) is 28.0 Å². The van der Waals surface area contributed by atoms with Crippen LogP contribution < -0.4 is 5.06 Å². The fourth-order valence-electron chi connectivity index (χ4n) is 2.13. The summed E-state index contributed by atoms with van der Waals surface area (Å²) in [6.45, 7) is 0.739. The number of nitrogens with zero attached hydrogens (tertiary/aromatic N) is 3. The molecule has 0 unspecified atom stereocenters. The molecule has 1 aromatic heterocycles. The summed E-state index contributed by atoms with van der Waals surface area (Å²) in [5.41, 5.74) is 0.944. The smallest absolute Gasteiger partial charge is 0.225 e. The number of hydroxylamine groups is 1. The maximum Gasteiger partial charge on any atom is 0.225 e. The molecule has 2 aliphatic rings. The lowest BCUT2D eigenvalue weighted by molar-refractivity contribution is 0.152. The molecule has 1 saturated heterocycles. The Hall–Kier alpha value is -0.580. The number of hydrogen-bond acceptors (Lipinski definition) is 4. The summed E-state index contributed by atoms with van der Waals surface area (Å²) in [5, 5.41) is 2.45. The van der Waals surface area contributed by atoms with Crippen molar-refractivity contribution in [2.24, 2.45) is 0 Å². The van der Waals surface area contributed by atoms with Gasteiger partial charge in [0, 0.05) is 5.56 Å². The number of rotatable bonds is 0. The van der Waals surface area contributed by atoms with Gasteiger partial charge in [0.05, 0.1) is 12.6 Å². The summed E-state index contributed by atoms with van der Waals surface area (Å²) in [6.07, 6.45) is 2.98. The topological polar surface area (TPSA) is 38.2 Å². The van der Waals surface area contributed by atoms with Gasteiger partial charge in [-0.3, -0.25) is 4.84 Å². The quantitative estimate of drug-likeness (QED) is 0.519. The van der Waals surface area contributed by atoms with Gasteiger partial charge in [-0.15, -0.1) is 0 Å². The first-order valence-electron chi connectivity index (χ1n) is 4.90. The third-order valence-corrected chi connectivity index (χ3v) is 3.34. The van der Waals surface area contributed by atoms with Gasteiger partial charge in [-0.1, -0.05) is 11.6 Å². The van der Waals surface area contributed by atoms with Crippen LogP contribution in [0.25, 0.3) is 0 Å². The normalized spacial score (nSPS) is 23.9. The predicted molar refractivity (Wildman–Crippen MR) is 57.2 cm³/mol. The number of hydrogen-bond donors (Lipinski definition) is 0. The summed E-state index contributed by atoms with van der Waals surface area (Å²) in [5.74, 6) is 0.744. The SMILES string of the molecule is Clc1nc(Cl)c2c(n1)N1OCC[C@@H]1CC2. The van der Waals surface area contributed by atoms with E-state index in [9.17, 15) is 0 Å². The zero-order chi connectivity index (χ0) is 10.4. The Kier molecular flexibility index (Phi) is 2.23. The Bertz CT molecular complexity index is 413. The van der Waals surface area contributed by atoms with Gasteiger partial charge < -0.3 is 0 Å². The first kappa shape index (κ1) is 9.63. The fraction of sp³-hybridized carbons (Fsp3) is 0.556. The van der Waals surface area contributed by atoms with Gasteiger partial charge in [-0.05, 0) is 30.9 Å². The minimum Gasteiger partial charge on any atom is -0.272 e. The maximum atomic E-state index is 6.02. The van der Waals surface area contributed by atoms with E-state index in [0.29, 0.717) is 11.2 Å². The van der Waals surface area contributed by atoms with Crippen molar-refractivity contribution in [3.05, 3.63) is 16.0 Å². The largest absolute Gasteiger partial charge is 0.272 e. The molecule has 3 heterocycles. The molecule has 3 rings (SSSR count). The zero-order valence-corrected chi connectivity index (χ0v) is 9.42. The Morgan fingerprint density at radius 2 is 2.13 bits per heavy atom. The van der Waals surface area contributed by atoms with Crippen molar-refractivity contribution in [2.45, 2.75) is 25.3 Å². The van der Waals surface area contributed by atoms with Gasteiger partial charge in [0.15, 0.2) is 5.82 Å². The monoisotopic (exact) mass is 245 g/mol. The number of aromatic nitrogens is 2. The molecule has 6 heteroatoms. The molecule has 0 aromatic carbocycles. The Morgan fingerprint density at radius 3 is 3.00 bits per heavy atom. The van der Waals surface area contributed by atoms with Crippen molar-refractivity contribution in [1.82, 2.24) is 9.97 Å². The fourth-order valence-corrected chi connectivity index (χ4v) is 2.60. The lowest BCUT2D eigenvalue weighted by atomic mass is 10.0. The van der Waals surface area contributed by atoms with Crippen LogP contribution in [0.3, 0.4) is 0 Å². The molecule has 0 radical (unpaired) electrons. The van der Waals surface area contributed by atoms with Crippen LogP contribution in [-0.2, 0) is 11.3 Å². The number of anilines is 1. The summed E-state index contributed by atoms with van der Waals surface area (Å²) >= 11 is 11.8. The van der Waals surface area contributed by atoms with Gasteiger partial charge >= 0.3 is 0 Å². The second-order valence-corrected chi connectivity index (χ2v) is 4.42. The molecule has 0 saturated carbocycles. The molecule has 0 bridgehead atoms. The van der Waals surface area contributed by atoms with Crippen molar-refractivity contribution >= 4 is 29.0 Å². The van der Waals surface area contributed by atoms with Crippen molar-refractivity contribution in [1.29, 1.82) is 0 Å². The minimum absolute atomic E-state index is 0.176. The lowest BCUT2D eigenvalue weighted by Gasteiger charge is -2.30. The highest BCUT2D eigenvalue weighted by Gasteiger charge is 2.34. The maximum absolute atomic E-state index is 6.02. The van der Waals surface area contributed by atoms with Crippen molar-refractivity contribution in [2.75, 3.05) is 11.7 Å². The highest BCUT2D eigenvalue weighted by Crippen LogP contribution is 2.37. The van der Waals surface area contributed by atoms with E-state index in [1.807, 2.05) is 5.06 Å². The predicted octanol–water partition coefficient (Wildman–Crippen LogP) is 2.24. The highest BCUT2D eigenvalue weighted by atomic mass is 35.5. The minimum atomic E-state index is 0.176. The van der Waals surface area contributed by atoms with Gasteiger partial charge in [0.2, 0.25) is 5.28 Å². The Morgan fingerprint density at radius 1 is 1.27 bits per heavy atom. The third-order valence-electron chi connectivity index (χ3n) is 2.86. The van der Waals surface area contributed by atoms with Crippen LogP contribution in [0.15, 0.2) is 0 Å². The average molecular weight is 246 g/mol. The van der Waals surface area contributed by atoms with Crippen molar-refractivity contribution < 1.29 is 4.84 Å². The second kappa shape index (κ2) is 3.47. The van der Waals surface area contributed by atoms with E-state index < -0.39 is 0 Å². The van der Waals surface area contributed by atoms with Gasteiger partial charge in [-0.25, -0.2) is 10.0 Å². The van der Waals surface area contributed by atoms with Crippen LogP contribution >= 0.6 is 23.2 Å². The molecule has 1 atom stereocenters. The van der Waals surface area contributed by atoms with Crippen LogP contribution in [-0.4, -0.2) is 22.6 Å². The zero-order valence-electron chi connectivity index (χ0n) is 7.91. The Labute approximate surface area is 97.1 Å². The summed E-state index contributed by atoms with van der Waals surface area (Å²) < 4.78 is 0. The van der Waals surface area contributed by atoms with Crippen LogP contribution in [0, 0.1) is 0 Å². The number of halogens is 2. The van der Waals surface area contributed by atoms with E-state index in [1.165, 1.54) is 0 Å². The standard InChI is InChI=1S/C9H9Cl2N3O/c10-7-6-2-1-5-3-4-15-14(5)8(6)13-9(11)12-7/h5H,1-4H2/t5-/m0/s1. The van der Waals surface area contributed by atoms with E-state index in [0.717, 1.165) is 37.3 Å². The molecule has 0 N–H and O–H groups in total. The van der Waals surface area contributed by atoms with E-state index in [-0.39, 0.29) is 5.28 Å². The molecular weight excluding hydrogens is 237 g/mol. The first-order valence-corrected chi connectivity index (χ1v) is 5.65.